The molecule has 126 valence electrons. The first-order chi connectivity index (χ1) is 10.9. The van der Waals surface area contributed by atoms with E-state index in [1.54, 1.807) is 0 Å². The van der Waals surface area contributed by atoms with Gasteiger partial charge in [-0.15, -0.1) is 0 Å². The number of hydrogen-bond acceptors (Lipinski definition) is 8. The van der Waals surface area contributed by atoms with Gasteiger partial charge >= 0.3 is 11.7 Å². The van der Waals surface area contributed by atoms with Gasteiger partial charge < -0.3 is 15.0 Å². The Morgan fingerprint density at radius 3 is 2.61 bits per heavy atom. The molecule has 9 heteroatoms. The number of methoxy groups -OCH3 is 1. The summed E-state index contributed by atoms with van der Waals surface area (Å²) in [7, 11) is 1.37. The van der Waals surface area contributed by atoms with Crippen LogP contribution >= 0.6 is 0 Å². The predicted molar refractivity (Wildman–Crippen MR) is 84.4 cm³/mol. The third-order valence-electron chi connectivity index (χ3n) is 3.74. The Bertz CT molecular complexity index is 585. The van der Waals surface area contributed by atoms with Gasteiger partial charge in [-0.2, -0.15) is 0 Å². The van der Waals surface area contributed by atoms with Crippen LogP contribution in [0.15, 0.2) is 6.33 Å². The average molecular weight is 323 g/mol. The van der Waals surface area contributed by atoms with Gasteiger partial charge in [0, 0.05) is 19.1 Å². The fourth-order valence-corrected chi connectivity index (χ4v) is 2.64. The van der Waals surface area contributed by atoms with Crippen LogP contribution in [0.4, 0.5) is 17.3 Å². The number of nitrogens with zero attached hydrogens (tertiary/aromatic N) is 4. The van der Waals surface area contributed by atoms with Crippen LogP contribution in [0.2, 0.25) is 0 Å². The first-order valence-corrected chi connectivity index (χ1v) is 7.52. The van der Waals surface area contributed by atoms with Crippen molar-refractivity contribution in [3.05, 3.63) is 16.4 Å². The van der Waals surface area contributed by atoms with E-state index < -0.39 is 4.92 Å². The standard InChI is InChI=1S/C14H21N5O4/c1-9(2)17-12-11(19(21)22)13(16-8-15-12)18-6-4-10(5-7-18)14(20)23-3/h8-10H,4-7H2,1-3H3,(H,15,16,17). The molecule has 0 aliphatic carbocycles. The number of esters is 1. The van der Waals surface area contributed by atoms with E-state index in [9.17, 15) is 14.9 Å². The molecule has 0 unspecified atom stereocenters. The van der Waals surface area contributed by atoms with Gasteiger partial charge in [-0.1, -0.05) is 0 Å². The lowest BCUT2D eigenvalue weighted by molar-refractivity contribution is -0.383. The number of nitrogens with one attached hydrogen (secondary N) is 1. The van der Waals surface area contributed by atoms with E-state index >= 15 is 0 Å². The number of rotatable bonds is 5. The van der Waals surface area contributed by atoms with Crippen LogP contribution in [0.5, 0.6) is 0 Å². The molecule has 0 amide bonds. The summed E-state index contributed by atoms with van der Waals surface area (Å²) in [5.41, 5.74) is -0.127. The Labute approximate surface area is 134 Å². The smallest absolute Gasteiger partial charge is 0.353 e. The number of carbonyl (C=O) groups is 1. The van der Waals surface area contributed by atoms with Crippen LogP contribution in [0.25, 0.3) is 0 Å². The van der Waals surface area contributed by atoms with Crippen molar-refractivity contribution in [3.8, 4) is 0 Å². The van der Waals surface area contributed by atoms with Crippen molar-refractivity contribution in [1.29, 1.82) is 0 Å². The van der Waals surface area contributed by atoms with Gasteiger partial charge in [0.2, 0.25) is 11.6 Å². The highest BCUT2D eigenvalue weighted by Gasteiger charge is 2.32. The Balaban J connectivity index is 2.23. The molecule has 1 N–H and O–H groups in total. The zero-order valence-corrected chi connectivity index (χ0v) is 13.5. The zero-order chi connectivity index (χ0) is 17.0. The summed E-state index contributed by atoms with van der Waals surface area (Å²) in [6.45, 7) is 4.79. The van der Waals surface area contributed by atoms with Crippen LogP contribution in [-0.4, -0.2) is 47.1 Å². The first kappa shape index (κ1) is 16.9. The van der Waals surface area contributed by atoms with Gasteiger partial charge in [0.25, 0.3) is 0 Å². The molecule has 0 aromatic carbocycles. The molecule has 23 heavy (non-hydrogen) atoms. The van der Waals surface area contributed by atoms with Gasteiger partial charge in [0.1, 0.15) is 6.33 Å². The highest BCUT2D eigenvalue weighted by atomic mass is 16.6. The van der Waals surface area contributed by atoms with Crippen molar-refractivity contribution in [1.82, 2.24) is 9.97 Å². The van der Waals surface area contributed by atoms with E-state index in [0.717, 1.165) is 0 Å². The summed E-state index contributed by atoms with van der Waals surface area (Å²) in [5, 5.41) is 14.4. The third kappa shape index (κ3) is 3.85. The molecule has 0 atom stereocenters. The van der Waals surface area contributed by atoms with Crippen molar-refractivity contribution in [2.75, 3.05) is 30.4 Å². The maximum Gasteiger partial charge on any atom is 0.353 e. The second-order valence-electron chi connectivity index (χ2n) is 5.74. The molecule has 9 nitrogen and oxygen atoms in total. The predicted octanol–water partition coefficient (Wildman–Crippen LogP) is 1.59. The van der Waals surface area contributed by atoms with Gasteiger partial charge in [0.15, 0.2) is 0 Å². The van der Waals surface area contributed by atoms with E-state index in [-0.39, 0.29) is 35.3 Å². The van der Waals surface area contributed by atoms with Crippen molar-refractivity contribution in [2.45, 2.75) is 32.7 Å². The first-order valence-electron chi connectivity index (χ1n) is 7.52. The highest BCUT2D eigenvalue weighted by Crippen LogP contribution is 2.34. The van der Waals surface area contributed by atoms with E-state index in [4.69, 9.17) is 4.74 Å². The molecule has 1 fully saturated rings. The van der Waals surface area contributed by atoms with Gasteiger partial charge in [-0.05, 0) is 26.7 Å². The number of ether oxygens (including phenoxy) is 1. The molecule has 2 rings (SSSR count). The SMILES string of the molecule is COC(=O)C1CCN(c2ncnc(NC(C)C)c2[N+](=O)[O-])CC1. The normalized spacial score (nSPS) is 15.6. The Kier molecular flexibility index (Phi) is 5.30. The van der Waals surface area contributed by atoms with Crippen LogP contribution in [-0.2, 0) is 9.53 Å². The highest BCUT2D eigenvalue weighted by molar-refractivity contribution is 5.74. The molecular formula is C14H21N5O4. The molecule has 0 bridgehead atoms. The minimum absolute atomic E-state index is 0.0153. The number of anilines is 2. The lowest BCUT2D eigenvalue weighted by Crippen LogP contribution is -2.37. The Morgan fingerprint density at radius 1 is 1.43 bits per heavy atom. The van der Waals surface area contributed by atoms with Crippen LogP contribution in [0, 0.1) is 16.0 Å². The Morgan fingerprint density at radius 2 is 2.09 bits per heavy atom. The van der Waals surface area contributed by atoms with Crippen molar-refractivity contribution < 1.29 is 14.5 Å². The fourth-order valence-electron chi connectivity index (χ4n) is 2.64. The maximum atomic E-state index is 11.6. The van der Waals surface area contributed by atoms with E-state index in [0.29, 0.717) is 25.9 Å². The van der Waals surface area contributed by atoms with Gasteiger partial charge in [-0.25, -0.2) is 9.97 Å². The molecule has 1 aliphatic rings. The lowest BCUT2D eigenvalue weighted by atomic mass is 9.97. The summed E-state index contributed by atoms with van der Waals surface area (Å²) in [5.74, 6) is 0.107. The summed E-state index contributed by atoms with van der Waals surface area (Å²) >= 11 is 0. The number of hydrogen-bond donors (Lipinski definition) is 1. The Hall–Kier alpha value is -2.45. The van der Waals surface area contributed by atoms with Gasteiger partial charge in [-0.3, -0.25) is 14.9 Å². The molecular weight excluding hydrogens is 302 g/mol. The molecule has 1 aromatic rings. The largest absolute Gasteiger partial charge is 0.469 e. The number of piperidine rings is 1. The number of aromatic nitrogens is 2. The second kappa shape index (κ2) is 7.21. The quantitative estimate of drug-likeness (QED) is 0.494. The average Bonchev–Trinajstić information content (AvgIpc) is 2.53. The zero-order valence-electron chi connectivity index (χ0n) is 13.5. The van der Waals surface area contributed by atoms with Crippen molar-refractivity contribution in [2.24, 2.45) is 5.92 Å². The number of nitro groups is 1. The van der Waals surface area contributed by atoms with Gasteiger partial charge in [0.05, 0.1) is 18.0 Å². The molecule has 1 aliphatic heterocycles. The monoisotopic (exact) mass is 323 g/mol. The topological polar surface area (TPSA) is 110 Å². The van der Waals surface area contributed by atoms with Crippen LogP contribution in [0.1, 0.15) is 26.7 Å². The van der Waals surface area contributed by atoms with Crippen molar-refractivity contribution >= 4 is 23.3 Å². The minimum atomic E-state index is -0.466. The molecule has 1 saturated heterocycles. The minimum Gasteiger partial charge on any atom is -0.469 e. The summed E-state index contributed by atoms with van der Waals surface area (Å²) < 4.78 is 4.75. The summed E-state index contributed by atoms with van der Waals surface area (Å²) in [6, 6.07) is 0.0153. The summed E-state index contributed by atoms with van der Waals surface area (Å²) in [4.78, 5) is 32.5. The molecule has 1 aromatic heterocycles. The summed E-state index contributed by atoms with van der Waals surface area (Å²) in [6.07, 6.45) is 2.49. The lowest BCUT2D eigenvalue weighted by Gasteiger charge is -2.31. The van der Waals surface area contributed by atoms with E-state index in [2.05, 4.69) is 15.3 Å². The van der Waals surface area contributed by atoms with E-state index in [1.165, 1.54) is 13.4 Å². The van der Waals surface area contributed by atoms with Crippen LogP contribution < -0.4 is 10.2 Å². The fraction of sp³-hybridized carbons (Fsp3) is 0.643. The maximum absolute atomic E-state index is 11.6. The molecule has 0 radical (unpaired) electrons. The number of carbonyl (C=O) groups excluding carboxylic acids is 1. The molecule has 0 spiro atoms. The van der Waals surface area contributed by atoms with Crippen molar-refractivity contribution in [3.63, 3.8) is 0 Å². The molecule has 2 heterocycles. The molecule has 0 saturated carbocycles. The van der Waals surface area contributed by atoms with E-state index in [1.807, 2.05) is 18.7 Å². The third-order valence-corrected chi connectivity index (χ3v) is 3.74. The van der Waals surface area contributed by atoms with Crippen LogP contribution in [0.3, 0.4) is 0 Å². The second-order valence-corrected chi connectivity index (χ2v) is 5.74.